The normalized spacial score (nSPS) is 17.0. The van der Waals surface area contributed by atoms with Crippen molar-refractivity contribution < 1.29 is 23.4 Å². The van der Waals surface area contributed by atoms with Crippen molar-refractivity contribution in [3.8, 4) is 17.2 Å². The molecule has 1 atom stereocenters. The van der Waals surface area contributed by atoms with E-state index >= 15 is 0 Å². The quantitative estimate of drug-likeness (QED) is 0.745. The summed E-state index contributed by atoms with van der Waals surface area (Å²) >= 11 is 1.62. The number of carbonyl (C=O) groups excluding carboxylic acids is 1. The lowest BCUT2D eigenvalue weighted by molar-refractivity contribution is -0.132. The van der Waals surface area contributed by atoms with Crippen LogP contribution >= 0.6 is 11.8 Å². The number of benzene rings is 2. The molecular formula is C20H22FNO4S. The van der Waals surface area contributed by atoms with Gasteiger partial charge in [0.15, 0.2) is 11.5 Å². The van der Waals surface area contributed by atoms with Crippen molar-refractivity contribution in [3.05, 3.63) is 53.3 Å². The van der Waals surface area contributed by atoms with Crippen LogP contribution in [0.25, 0.3) is 0 Å². The zero-order chi connectivity index (χ0) is 19.4. The van der Waals surface area contributed by atoms with Crippen molar-refractivity contribution in [1.82, 2.24) is 4.90 Å². The monoisotopic (exact) mass is 391 g/mol. The van der Waals surface area contributed by atoms with Crippen LogP contribution in [0.4, 0.5) is 4.39 Å². The summed E-state index contributed by atoms with van der Waals surface area (Å²) in [5, 5.41) is -0.305. The molecule has 1 heterocycles. The smallest absolute Gasteiger partial charge is 0.224 e. The van der Waals surface area contributed by atoms with Gasteiger partial charge >= 0.3 is 0 Å². The van der Waals surface area contributed by atoms with Crippen LogP contribution in [-0.2, 0) is 11.3 Å². The second-order valence-corrected chi connectivity index (χ2v) is 7.22. The molecule has 5 nitrogen and oxygen atoms in total. The highest BCUT2D eigenvalue weighted by molar-refractivity contribution is 7.99. The number of amides is 1. The van der Waals surface area contributed by atoms with Gasteiger partial charge < -0.3 is 19.1 Å². The third kappa shape index (κ3) is 3.98. The third-order valence-corrected chi connectivity index (χ3v) is 5.76. The number of carbonyl (C=O) groups is 1. The zero-order valence-electron chi connectivity index (χ0n) is 15.5. The SMILES string of the molecule is COc1cc(OC)c(C2SCCC(=O)N2Cc2ccccc2F)cc1OC. The number of ether oxygens (including phenoxy) is 3. The molecule has 1 fully saturated rings. The number of hydrogen-bond donors (Lipinski definition) is 0. The van der Waals surface area contributed by atoms with Crippen molar-refractivity contribution in [2.75, 3.05) is 27.1 Å². The Hall–Kier alpha value is -2.41. The molecule has 7 heteroatoms. The summed E-state index contributed by atoms with van der Waals surface area (Å²) in [6.07, 6.45) is 0.422. The molecule has 1 aliphatic heterocycles. The molecule has 144 valence electrons. The number of halogens is 1. The predicted octanol–water partition coefficient (Wildman–Crippen LogP) is 4.02. The maximum atomic E-state index is 14.2. The van der Waals surface area contributed by atoms with Crippen LogP contribution in [0.15, 0.2) is 36.4 Å². The molecule has 3 rings (SSSR count). The van der Waals surface area contributed by atoms with Gasteiger partial charge in [0.2, 0.25) is 5.91 Å². The summed E-state index contributed by atoms with van der Waals surface area (Å²) in [5.74, 6) is 2.05. The fourth-order valence-corrected chi connectivity index (χ4v) is 4.36. The molecule has 1 amide bonds. The predicted molar refractivity (Wildman–Crippen MR) is 103 cm³/mol. The zero-order valence-corrected chi connectivity index (χ0v) is 16.3. The molecule has 1 aliphatic rings. The Labute approximate surface area is 162 Å². The van der Waals surface area contributed by atoms with E-state index in [1.165, 1.54) is 6.07 Å². The molecule has 1 unspecified atom stereocenters. The topological polar surface area (TPSA) is 48.0 Å². The molecule has 0 bridgehead atoms. The first kappa shape index (κ1) is 19.4. The number of nitrogens with zero attached hydrogens (tertiary/aromatic N) is 1. The summed E-state index contributed by atoms with van der Waals surface area (Å²) in [5.41, 5.74) is 1.28. The van der Waals surface area contributed by atoms with Gasteiger partial charge in [0.1, 0.15) is 16.9 Å². The Morgan fingerprint density at radius 1 is 1.07 bits per heavy atom. The van der Waals surface area contributed by atoms with Crippen LogP contribution in [0.5, 0.6) is 17.2 Å². The molecule has 0 saturated carbocycles. The summed E-state index contributed by atoms with van der Waals surface area (Å²) in [6, 6.07) is 10.1. The lowest BCUT2D eigenvalue weighted by atomic mass is 10.1. The fourth-order valence-electron chi connectivity index (χ4n) is 3.11. The van der Waals surface area contributed by atoms with Crippen LogP contribution in [0, 0.1) is 5.82 Å². The van der Waals surface area contributed by atoms with Crippen molar-refractivity contribution in [2.24, 2.45) is 0 Å². The van der Waals surface area contributed by atoms with E-state index in [9.17, 15) is 9.18 Å². The summed E-state index contributed by atoms with van der Waals surface area (Å²) < 4.78 is 30.4. The van der Waals surface area contributed by atoms with E-state index in [0.29, 0.717) is 35.0 Å². The van der Waals surface area contributed by atoms with Gasteiger partial charge in [0, 0.05) is 35.9 Å². The van der Waals surface area contributed by atoms with Crippen molar-refractivity contribution in [2.45, 2.75) is 18.3 Å². The third-order valence-electron chi connectivity index (χ3n) is 4.50. The van der Waals surface area contributed by atoms with Crippen LogP contribution in [0.1, 0.15) is 22.9 Å². The summed E-state index contributed by atoms with van der Waals surface area (Å²) in [6.45, 7) is 0.195. The van der Waals surface area contributed by atoms with Gasteiger partial charge in [-0.15, -0.1) is 11.8 Å². The van der Waals surface area contributed by atoms with Crippen molar-refractivity contribution >= 4 is 17.7 Å². The molecule has 0 radical (unpaired) electrons. The lowest BCUT2D eigenvalue weighted by Gasteiger charge is -2.36. The summed E-state index contributed by atoms with van der Waals surface area (Å²) in [4.78, 5) is 14.4. The molecule has 0 spiro atoms. The molecule has 27 heavy (non-hydrogen) atoms. The van der Waals surface area contributed by atoms with Gasteiger partial charge in [-0.2, -0.15) is 0 Å². The minimum absolute atomic E-state index is 0.0150. The van der Waals surface area contributed by atoms with E-state index in [-0.39, 0.29) is 23.6 Å². The van der Waals surface area contributed by atoms with E-state index in [1.807, 2.05) is 6.07 Å². The average molecular weight is 391 g/mol. The first-order valence-corrected chi connectivity index (χ1v) is 9.58. The highest BCUT2D eigenvalue weighted by atomic mass is 32.2. The van der Waals surface area contributed by atoms with Gasteiger partial charge in [0.25, 0.3) is 0 Å². The molecule has 1 saturated heterocycles. The Morgan fingerprint density at radius 2 is 1.74 bits per heavy atom. The number of thioether (sulfide) groups is 1. The molecule has 2 aromatic rings. The molecule has 0 N–H and O–H groups in total. The van der Waals surface area contributed by atoms with Gasteiger partial charge in [-0.3, -0.25) is 4.79 Å². The first-order valence-electron chi connectivity index (χ1n) is 8.53. The minimum atomic E-state index is -0.320. The number of methoxy groups -OCH3 is 3. The molecular weight excluding hydrogens is 369 g/mol. The van der Waals surface area contributed by atoms with Crippen LogP contribution < -0.4 is 14.2 Å². The van der Waals surface area contributed by atoms with Crippen LogP contribution in [-0.4, -0.2) is 37.9 Å². The Kier molecular flexibility index (Phi) is 6.11. The largest absolute Gasteiger partial charge is 0.496 e. The van der Waals surface area contributed by atoms with E-state index in [1.54, 1.807) is 62.3 Å². The average Bonchev–Trinajstić information content (AvgIpc) is 2.70. The standard InChI is InChI=1S/C20H22FNO4S/c1-24-16-11-18(26-3)17(25-2)10-14(16)20-22(19(23)8-9-27-20)12-13-6-4-5-7-15(13)21/h4-7,10-11,20H,8-9,12H2,1-3H3. The Balaban J connectivity index is 2.02. The highest BCUT2D eigenvalue weighted by Gasteiger charge is 2.33. The second-order valence-electron chi connectivity index (χ2n) is 6.04. The van der Waals surface area contributed by atoms with Crippen LogP contribution in [0.2, 0.25) is 0 Å². The van der Waals surface area contributed by atoms with Crippen molar-refractivity contribution in [3.63, 3.8) is 0 Å². The Morgan fingerprint density at radius 3 is 2.41 bits per heavy atom. The Bertz CT molecular complexity index is 830. The molecule has 2 aromatic carbocycles. The van der Waals surface area contributed by atoms with E-state index in [2.05, 4.69) is 0 Å². The van der Waals surface area contributed by atoms with E-state index in [0.717, 1.165) is 5.56 Å². The van der Waals surface area contributed by atoms with Crippen LogP contribution in [0.3, 0.4) is 0 Å². The minimum Gasteiger partial charge on any atom is -0.496 e. The molecule has 0 aromatic heterocycles. The number of rotatable bonds is 6. The lowest BCUT2D eigenvalue weighted by Crippen LogP contribution is -2.37. The maximum absolute atomic E-state index is 14.2. The maximum Gasteiger partial charge on any atom is 0.224 e. The van der Waals surface area contributed by atoms with Crippen molar-refractivity contribution in [1.29, 1.82) is 0 Å². The fraction of sp³-hybridized carbons (Fsp3) is 0.350. The van der Waals surface area contributed by atoms with E-state index < -0.39 is 0 Å². The number of hydrogen-bond acceptors (Lipinski definition) is 5. The first-order chi connectivity index (χ1) is 13.1. The second kappa shape index (κ2) is 8.52. The van der Waals surface area contributed by atoms with Gasteiger partial charge in [0.05, 0.1) is 21.3 Å². The molecule has 0 aliphatic carbocycles. The summed E-state index contributed by atoms with van der Waals surface area (Å²) in [7, 11) is 4.69. The highest BCUT2D eigenvalue weighted by Crippen LogP contribution is 2.46. The van der Waals surface area contributed by atoms with Gasteiger partial charge in [-0.05, 0) is 12.1 Å². The van der Waals surface area contributed by atoms with Gasteiger partial charge in [-0.1, -0.05) is 18.2 Å². The van der Waals surface area contributed by atoms with E-state index in [4.69, 9.17) is 14.2 Å². The van der Waals surface area contributed by atoms with Gasteiger partial charge in [-0.25, -0.2) is 4.39 Å².